The van der Waals surface area contributed by atoms with Crippen LogP contribution < -0.4 is 5.73 Å². The van der Waals surface area contributed by atoms with Crippen LogP contribution in [-0.2, 0) is 18.6 Å². The average Bonchev–Trinajstić information content (AvgIpc) is 3.21. The van der Waals surface area contributed by atoms with Gasteiger partial charge >= 0.3 is 0 Å². The van der Waals surface area contributed by atoms with Crippen molar-refractivity contribution in [2.75, 3.05) is 12.3 Å². The molecule has 2 aliphatic rings. The predicted molar refractivity (Wildman–Crippen MR) is 120 cm³/mol. The Morgan fingerprint density at radius 1 is 1.19 bits per heavy atom. The smallest absolute Gasteiger partial charge is 0.192 e. The molecule has 2 N–H and O–H groups in total. The minimum atomic E-state index is -2.01. The Balaban J connectivity index is 1.68. The highest BCUT2D eigenvalue weighted by Crippen LogP contribution is 2.49. The van der Waals surface area contributed by atoms with E-state index in [4.69, 9.17) is 24.4 Å². The van der Waals surface area contributed by atoms with Crippen molar-refractivity contribution in [2.45, 2.75) is 95.9 Å². The summed E-state index contributed by atoms with van der Waals surface area (Å²) in [7, 11) is -2.01. The molecule has 2 fully saturated rings. The van der Waals surface area contributed by atoms with Gasteiger partial charge in [0.25, 0.3) is 0 Å². The molecule has 0 saturated carbocycles. The number of hydrogen-bond donors (Lipinski definition) is 1. The summed E-state index contributed by atoms with van der Waals surface area (Å²) >= 11 is 0. The largest absolute Gasteiger partial charge is 0.414 e. The lowest BCUT2D eigenvalue weighted by atomic mass is 9.90. The zero-order valence-electron chi connectivity index (χ0n) is 19.8. The summed E-state index contributed by atoms with van der Waals surface area (Å²) in [5, 5.41) is 0.0883. The molecule has 0 amide bonds. The molecule has 2 aromatic rings. The van der Waals surface area contributed by atoms with Crippen molar-refractivity contribution in [1.29, 1.82) is 0 Å². The first-order chi connectivity index (χ1) is 14.3. The second kappa shape index (κ2) is 7.21. The molecule has 0 aliphatic carbocycles. The summed E-state index contributed by atoms with van der Waals surface area (Å²) in [6, 6.07) is 0. The lowest BCUT2D eigenvalue weighted by Crippen LogP contribution is -2.64. The van der Waals surface area contributed by atoms with Gasteiger partial charge in [-0.25, -0.2) is 15.0 Å². The van der Waals surface area contributed by atoms with Gasteiger partial charge in [-0.2, -0.15) is 0 Å². The number of fused-ring (bicyclic) bond motifs is 2. The van der Waals surface area contributed by atoms with E-state index < -0.39 is 19.7 Å². The zero-order valence-corrected chi connectivity index (χ0v) is 20.8. The van der Waals surface area contributed by atoms with E-state index >= 15 is 0 Å². The molecule has 0 unspecified atom stereocenters. The zero-order chi connectivity index (χ0) is 22.8. The molecule has 2 aliphatic heterocycles. The Morgan fingerprint density at radius 2 is 1.90 bits per heavy atom. The second-order valence-electron chi connectivity index (χ2n) is 10.7. The number of nitrogen functional groups attached to an aromatic ring is 1. The van der Waals surface area contributed by atoms with E-state index in [0.717, 1.165) is 0 Å². The second-order valence-corrected chi connectivity index (χ2v) is 15.5. The van der Waals surface area contributed by atoms with Gasteiger partial charge in [-0.1, -0.05) is 20.8 Å². The number of nitrogens with two attached hydrogens (primary N) is 1. The molecule has 0 spiro atoms. The Bertz CT molecular complexity index is 972. The van der Waals surface area contributed by atoms with E-state index in [1.54, 1.807) is 6.33 Å². The van der Waals surface area contributed by atoms with E-state index in [1.165, 1.54) is 6.33 Å². The van der Waals surface area contributed by atoms with Crippen LogP contribution in [0.2, 0.25) is 18.1 Å². The van der Waals surface area contributed by atoms with Crippen molar-refractivity contribution >= 4 is 25.3 Å². The standard InChI is InChI=1S/C21H35N5O4Si/c1-13-21(10-27-31(7,8)19(2,3)4)14(29-20(5,6)28-13)9-15(30-21)26-12-25-16-17(22)23-11-24-18(16)26/h11-15H,9-10H2,1-8H3,(H2,22,23,24)/t13-,14-,15+,21-/m0/s1. The molecule has 4 rings (SSSR count). The molecule has 10 heteroatoms. The van der Waals surface area contributed by atoms with Crippen molar-refractivity contribution < 1.29 is 18.6 Å². The Morgan fingerprint density at radius 3 is 2.58 bits per heavy atom. The summed E-state index contributed by atoms with van der Waals surface area (Å²) in [5.41, 5.74) is 6.46. The van der Waals surface area contributed by atoms with Crippen molar-refractivity contribution in [1.82, 2.24) is 19.5 Å². The highest BCUT2D eigenvalue weighted by Gasteiger charge is 2.60. The fraction of sp³-hybridized carbons (Fsp3) is 0.762. The number of hydrogen-bond acceptors (Lipinski definition) is 8. The highest BCUT2D eigenvalue weighted by molar-refractivity contribution is 6.74. The first-order valence-corrected chi connectivity index (χ1v) is 13.8. The van der Waals surface area contributed by atoms with Gasteiger partial charge in [0.1, 0.15) is 23.7 Å². The fourth-order valence-corrected chi connectivity index (χ4v) is 5.19. The van der Waals surface area contributed by atoms with Gasteiger partial charge in [-0.3, -0.25) is 4.57 Å². The highest BCUT2D eigenvalue weighted by atomic mass is 28.4. The lowest BCUT2D eigenvalue weighted by Gasteiger charge is -2.50. The van der Waals surface area contributed by atoms with Crippen molar-refractivity contribution in [3.05, 3.63) is 12.7 Å². The molecule has 4 atom stereocenters. The summed E-state index contributed by atoms with van der Waals surface area (Å²) in [4.78, 5) is 12.8. The SMILES string of the molecule is C[C@@H]1OC(C)(C)O[C@H]2C[C@H](n3cnc4c(N)ncnc43)O[C@@]12CO[Si](C)(C)C(C)(C)C. The summed E-state index contributed by atoms with van der Waals surface area (Å²) < 4.78 is 27.9. The Labute approximate surface area is 184 Å². The van der Waals surface area contributed by atoms with E-state index in [-0.39, 0.29) is 23.5 Å². The monoisotopic (exact) mass is 449 g/mol. The van der Waals surface area contributed by atoms with Crippen LogP contribution in [0.5, 0.6) is 0 Å². The minimum Gasteiger partial charge on any atom is -0.414 e. The third-order valence-corrected chi connectivity index (χ3v) is 11.5. The Hall–Kier alpha value is -1.59. The number of rotatable bonds is 4. The maximum atomic E-state index is 6.73. The van der Waals surface area contributed by atoms with E-state index in [9.17, 15) is 0 Å². The van der Waals surface area contributed by atoms with E-state index in [1.807, 2.05) is 25.3 Å². The van der Waals surface area contributed by atoms with Crippen LogP contribution in [0.25, 0.3) is 11.2 Å². The number of aromatic nitrogens is 4. The molecule has 4 heterocycles. The third-order valence-electron chi connectivity index (χ3n) is 7.05. The first-order valence-electron chi connectivity index (χ1n) is 10.9. The summed E-state index contributed by atoms with van der Waals surface area (Å²) in [5.74, 6) is -0.351. The molecule has 9 nitrogen and oxygen atoms in total. The summed E-state index contributed by atoms with van der Waals surface area (Å²) in [6.45, 7) is 17.5. The van der Waals surface area contributed by atoms with Crippen LogP contribution in [0, 0.1) is 0 Å². The molecular weight excluding hydrogens is 414 g/mol. The van der Waals surface area contributed by atoms with Gasteiger partial charge < -0.3 is 24.4 Å². The average molecular weight is 450 g/mol. The van der Waals surface area contributed by atoms with Gasteiger partial charge in [0.15, 0.2) is 25.6 Å². The molecule has 0 radical (unpaired) electrons. The van der Waals surface area contributed by atoms with Gasteiger partial charge in [-0.15, -0.1) is 0 Å². The molecular formula is C21H35N5O4Si. The molecule has 0 aromatic carbocycles. The van der Waals surface area contributed by atoms with Gasteiger partial charge in [0.05, 0.1) is 25.1 Å². The number of ether oxygens (including phenoxy) is 3. The molecule has 2 saturated heterocycles. The van der Waals surface area contributed by atoms with Gasteiger partial charge in [0, 0.05) is 6.42 Å². The molecule has 0 bridgehead atoms. The molecule has 172 valence electrons. The molecule has 2 aromatic heterocycles. The van der Waals surface area contributed by atoms with Crippen LogP contribution >= 0.6 is 0 Å². The topological polar surface area (TPSA) is 107 Å². The first kappa shape index (κ1) is 22.6. The van der Waals surface area contributed by atoms with Crippen molar-refractivity contribution in [3.63, 3.8) is 0 Å². The van der Waals surface area contributed by atoms with Crippen molar-refractivity contribution in [3.8, 4) is 0 Å². The fourth-order valence-electron chi connectivity index (χ4n) is 4.17. The van der Waals surface area contributed by atoms with Gasteiger partial charge in [-0.05, 0) is 38.9 Å². The minimum absolute atomic E-state index is 0.0883. The summed E-state index contributed by atoms with van der Waals surface area (Å²) in [6.07, 6.45) is 3.04. The number of anilines is 1. The normalized spacial score (nSPS) is 31.2. The van der Waals surface area contributed by atoms with Crippen LogP contribution in [0.3, 0.4) is 0 Å². The quantitative estimate of drug-likeness (QED) is 0.705. The van der Waals surface area contributed by atoms with Crippen LogP contribution in [0.4, 0.5) is 5.82 Å². The lowest BCUT2D eigenvalue weighted by molar-refractivity contribution is -0.354. The maximum absolute atomic E-state index is 6.73. The predicted octanol–water partition coefficient (Wildman–Crippen LogP) is 3.63. The van der Waals surface area contributed by atoms with Crippen molar-refractivity contribution in [2.24, 2.45) is 0 Å². The number of imidazole rings is 1. The van der Waals surface area contributed by atoms with E-state index in [0.29, 0.717) is 30.0 Å². The Kier molecular flexibility index (Phi) is 5.25. The van der Waals surface area contributed by atoms with Crippen LogP contribution in [-0.4, -0.2) is 58.0 Å². The van der Waals surface area contributed by atoms with E-state index in [2.05, 4.69) is 48.8 Å². The van der Waals surface area contributed by atoms with Crippen LogP contribution in [0.15, 0.2) is 12.7 Å². The molecule has 31 heavy (non-hydrogen) atoms. The number of nitrogens with zero attached hydrogens (tertiary/aromatic N) is 4. The maximum Gasteiger partial charge on any atom is 0.192 e. The van der Waals surface area contributed by atoms with Crippen LogP contribution in [0.1, 0.15) is 54.2 Å². The van der Waals surface area contributed by atoms with Gasteiger partial charge in [0.2, 0.25) is 0 Å². The third kappa shape index (κ3) is 3.78.